The van der Waals surface area contributed by atoms with E-state index in [1.54, 1.807) is 0 Å². The van der Waals surface area contributed by atoms with Gasteiger partial charge in [-0.25, -0.2) is 0 Å². The van der Waals surface area contributed by atoms with E-state index in [9.17, 15) is 0 Å². The number of rotatable bonds is 3. The maximum Gasteiger partial charge on any atom is 0.0712 e. The topological polar surface area (TPSA) is 23.8 Å². The van der Waals surface area contributed by atoms with E-state index in [-0.39, 0.29) is 5.92 Å². The van der Waals surface area contributed by atoms with Gasteiger partial charge in [0, 0.05) is 0 Å². The highest BCUT2D eigenvalue weighted by atomic mass is 14.3. The summed E-state index contributed by atoms with van der Waals surface area (Å²) in [4.78, 5) is 0. The first-order valence-electron chi connectivity index (χ1n) is 4.33. The zero-order valence-electron chi connectivity index (χ0n) is 7.33. The van der Waals surface area contributed by atoms with Crippen LogP contribution in [0.3, 0.4) is 0 Å². The third-order valence-corrected chi connectivity index (χ3v) is 1.94. The molecule has 1 aromatic carbocycles. The minimum Gasteiger partial charge on any atom is -0.198 e. The zero-order chi connectivity index (χ0) is 8.81. The van der Waals surface area contributed by atoms with Gasteiger partial charge in [-0.2, -0.15) is 5.26 Å². The van der Waals surface area contributed by atoms with Crippen LogP contribution in [0.1, 0.15) is 31.2 Å². The van der Waals surface area contributed by atoms with Gasteiger partial charge in [-0.3, -0.25) is 0 Å². The highest BCUT2D eigenvalue weighted by molar-refractivity contribution is 5.24. The van der Waals surface area contributed by atoms with Gasteiger partial charge in [-0.15, -0.1) is 0 Å². The van der Waals surface area contributed by atoms with Crippen molar-refractivity contribution in [3.63, 3.8) is 0 Å². The number of nitriles is 1. The van der Waals surface area contributed by atoms with Crippen molar-refractivity contribution in [3.05, 3.63) is 35.9 Å². The van der Waals surface area contributed by atoms with E-state index in [0.717, 1.165) is 18.4 Å². The van der Waals surface area contributed by atoms with Crippen LogP contribution in [0.25, 0.3) is 0 Å². The van der Waals surface area contributed by atoms with Gasteiger partial charge in [0.05, 0.1) is 12.0 Å². The van der Waals surface area contributed by atoms with E-state index in [1.807, 2.05) is 30.3 Å². The smallest absolute Gasteiger partial charge is 0.0712 e. The molecule has 62 valence electrons. The minimum absolute atomic E-state index is 0.0798. The normalized spacial score (nSPS) is 12.0. The molecular weight excluding hydrogens is 146 g/mol. The monoisotopic (exact) mass is 159 g/mol. The molecular formula is C11H13N. The van der Waals surface area contributed by atoms with Crippen molar-refractivity contribution in [2.45, 2.75) is 25.7 Å². The lowest BCUT2D eigenvalue weighted by molar-refractivity contribution is 0.727. The van der Waals surface area contributed by atoms with Gasteiger partial charge >= 0.3 is 0 Å². The van der Waals surface area contributed by atoms with Crippen molar-refractivity contribution in [3.8, 4) is 6.07 Å². The van der Waals surface area contributed by atoms with E-state index >= 15 is 0 Å². The summed E-state index contributed by atoms with van der Waals surface area (Å²) in [5.41, 5.74) is 1.14. The van der Waals surface area contributed by atoms with E-state index in [2.05, 4.69) is 13.0 Å². The Balaban J connectivity index is 2.75. The molecule has 1 unspecified atom stereocenters. The van der Waals surface area contributed by atoms with E-state index in [1.165, 1.54) is 0 Å². The molecule has 1 heteroatoms. The van der Waals surface area contributed by atoms with Crippen LogP contribution in [-0.2, 0) is 0 Å². The van der Waals surface area contributed by atoms with Crippen LogP contribution in [0.5, 0.6) is 0 Å². The quantitative estimate of drug-likeness (QED) is 0.664. The first kappa shape index (κ1) is 8.80. The fourth-order valence-corrected chi connectivity index (χ4v) is 1.28. The van der Waals surface area contributed by atoms with Gasteiger partial charge in [-0.1, -0.05) is 43.7 Å². The molecule has 1 aromatic rings. The summed E-state index contributed by atoms with van der Waals surface area (Å²) in [5.74, 6) is 0.0798. The lowest BCUT2D eigenvalue weighted by Crippen LogP contribution is -1.93. The van der Waals surface area contributed by atoms with E-state index in [4.69, 9.17) is 5.26 Å². The molecule has 0 aromatic heterocycles. The Morgan fingerprint density at radius 3 is 2.50 bits per heavy atom. The van der Waals surface area contributed by atoms with Gasteiger partial charge in [0.1, 0.15) is 0 Å². The molecule has 0 heterocycles. The number of nitrogens with zero attached hydrogens (tertiary/aromatic N) is 1. The van der Waals surface area contributed by atoms with Crippen LogP contribution >= 0.6 is 0 Å². The first-order valence-corrected chi connectivity index (χ1v) is 4.33. The molecule has 0 bridgehead atoms. The molecule has 0 aliphatic heterocycles. The molecule has 0 spiro atoms. The van der Waals surface area contributed by atoms with Crippen molar-refractivity contribution in [2.24, 2.45) is 0 Å². The van der Waals surface area contributed by atoms with E-state index < -0.39 is 0 Å². The molecule has 0 saturated carbocycles. The van der Waals surface area contributed by atoms with Crippen molar-refractivity contribution in [1.82, 2.24) is 0 Å². The third-order valence-electron chi connectivity index (χ3n) is 1.94. The summed E-state index contributed by atoms with van der Waals surface area (Å²) in [6, 6.07) is 12.3. The molecule has 0 N–H and O–H groups in total. The first-order chi connectivity index (χ1) is 5.88. The second kappa shape index (κ2) is 4.56. The maximum absolute atomic E-state index is 8.86. The number of benzene rings is 1. The fourth-order valence-electron chi connectivity index (χ4n) is 1.28. The average molecular weight is 159 g/mol. The lowest BCUT2D eigenvalue weighted by Gasteiger charge is -2.06. The van der Waals surface area contributed by atoms with Crippen LogP contribution in [0, 0.1) is 11.3 Å². The van der Waals surface area contributed by atoms with Gasteiger partial charge in [0.25, 0.3) is 0 Å². The largest absolute Gasteiger partial charge is 0.198 e. The zero-order valence-corrected chi connectivity index (χ0v) is 7.33. The van der Waals surface area contributed by atoms with Crippen LogP contribution in [0.2, 0.25) is 0 Å². The summed E-state index contributed by atoms with van der Waals surface area (Å²) in [6.07, 6.45) is 2.02. The SMILES string of the molecule is CCCC(C#N)c1ccccc1. The van der Waals surface area contributed by atoms with Crippen LogP contribution < -0.4 is 0 Å². The second-order valence-corrected chi connectivity index (χ2v) is 2.88. The Morgan fingerprint density at radius 2 is 2.00 bits per heavy atom. The molecule has 0 amide bonds. The standard InChI is InChI=1S/C11H13N/c1-2-6-11(9-12)10-7-4-3-5-8-10/h3-5,7-8,11H,2,6H2,1H3. The van der Waals surface area contributed by atoms with Gasteiger partial charge in [0.2, 0.25) is 0 Å². The van der Waals surface area contributed by atoms with Crippen LogP contribution in [0.4, 0.5) is 0 Å². The molecule has 0 saturated heterocycles. The van der Waals surface area contributed by atoms with E-state index in [0.29, 0.717) is 0 Å². The maximum atomic E-state index is 8.86. The summed E-state index contributed by atoms with van der Waals surface area (Å²) in [5, 5.41) is 8.86. The highest BCUT2D eigenvalue weighted by Crippen LogP contribution is 2.19. The predicted molar refractivity (Wildman–Crippen MR) is 49.7 cm³/mol. The Kier molecular flexibility index (Phi) is 3.35. The Morgan fingerprint density at radius 1 is 1.33 bits per heavy atom. The van der Waals surface area contributed by atoms with Gasteiger partial charge in [-0.05, 0) is 12.0 Å². The predicted octanol–water partition coefficient (Wildman–Crippen LogP) is 3.09. The van der Waals surface area contributed by atoms with Gasteiger partial charge in [0.15, 0.2) is 0 Å². The van der Waals surface area contributed by atoms with Crippen molar-refractivity contribution >= 4 is 0 Å². The minimum atomic E-state index is 0.0798. The molecule has 12 heavy (non-hydrogen) atoms. The highest BCUT2D eigenvalue weighted by Gasteiger charge is 2.07. The third kappa shape index (κ3) is 2.10. The fraction of sp³-hybridized carbons (Fsp3) is 0.364. The summed E-state index contributed by atoms with van der Waals surface area (Å²) >= 11 is 0. The van der Waals surface area contributed by atoms with Crippen molar-refractivity contribution in [2.75, 3.05) is 0 Å². The molecule has 1 rings (SSSR count). The summed E-state index contributed by atoms with van der Waals surface area (Å²) < 4.78 is 0. The lowest BCUT2D eigenvalue weighted by atomic mass is 9.96. The average Bonchev–Trinajstić information content (AvgIpc) is 2.15. The Hall–Kier alpha value is -1.29. The Labute approximate surface area is 73.6 Å². The summed E-state index contributed by atoms with van der Waals surface area (Å²) in [6.45, 7) is 2.10. The molecule has 0 aliphatic rings. The number of hydrogen-bond acceptors (Lipinski definition) is 1. The molecule has 1 nitrogen and oxygen atoms in total. The van der Waals surface area contributed by atoms with Crippen molar-refractivity contribution in [1.29, 1.82) is 5.26 Å². The Bertz CT molecular complexity index is 258. The second-order valence-electron chi connectivity index (χ2n) is 2.88. The van der Waals surface area contributed by atoms with Crippen molar-refractivity contribution < 1.29 is 0 Å². The summed E-state index contributed by atoms with van der Waals surface area (Å²) in [7, 11) is 0. The van der Waals surface area contributed by atoms with Gasteiger partial charge < -0.3 is 0 Å². The van der Waals surface area contributed by atoms with Crippen LogP contribution in [0.15, 0.2) is 30.3 Å². The number of hydrogen-bond donors (Lipinski definition) is 0. The molecule has 1 atom stereocenters. The molecule has 0 radical (unpaired) electrons. The molecule has 0 aliphatic carbocycles. The van der Waals surface area contributed by atoms with Crippen LogP contribution in [-0.4, -0.2) is 0 Å². The molecule has 0 fully saturated rings.